The van der Waals surface area contributed by atoms with Crippen molar-refractivity contribution >= 4 is 29.3 Å². The molecule has 2 atom stereocenters. The number of carbonyl (C=O) groups is 2. The van der Waals surface area contributed by atoms with E-state index in [1.54, 1.807) is 6.21 Å². The lowest BCUT2D eigenvalue weighted by atomic mass is 9.67. The molecule has 0 N–H and O–H groups in total. The van der Waals surface area contributed by atoms with Crippen molar-refractivity contribution < 1.29 is 9.59 Å². The Morgan fingerprint density at radius 3 is 2.50 bits per heavy atom. The summed E-state index contributed by atoms with van der Waals surface area (Å²) < 4.78 is 0. The van der Waals surface area contributed by atoms with Gasteiger partial charge in [-0.15, -0.1) is 0 Å². The summed E-state index contributed by atoms with van der Waals surface area (Å²) in [4.78, 5) is 42.8. The molecule has 150 valence electrons. The predicted octanol–water partition coefficient (Wildman–Crippen LogP) is 2.87. The predicted molar refractivity (Wildman–Crippen MR) is 111 cm³/mol. The van der Waals surface area contributed by atoms with Gasteiger partial charge in [0.2, 0.25) is 0 Å². The van der Waals surface area contributed by atoms with Gasteiger partial charge in [0.25, 0.3) is 0 Å². The molecule has 1 saturated carbocycles. The van der Waals surface area contributed by atoms with Gasteiger partial charge in [0.15, 0.2) is 11.6 Å². The topological polar surface area (TPSA) is 74.5 Å². The molecule has 4 rings (SSSR count). The van der Waals surface area contributed by atoms with E-state index in [0.717, 1.165) is 50.3 Å². The Kier molecular flexibility index (Phi) is 4.94. The molecule has 6 heteroatoms. The van der Waals surface area contributed by atoms with E-state index in [4.69, 9.17) is 0 Å². The lowest BCUT2D eigenvalue weighted by molar-refractivity contribution is -0.131. The number of nitrogens with zero attached hydrogens (tertiary/aromatic N) is 4. The first-order valence-electron chi connectivity index (χ1n) is 10.6. The smallest absolute Gasteiger partial charge is 0.187 e. The van der Waals surface area contributed by atoms with E-state index in [2.05, 4.69) is 33.7 Å². The first-order chi connectivity index (χ1) is 13.4. The van der Waals surface area contributed by atoms with Crippen molar-refractivity contribution in [1.82, 2.24) is 4.90 Å². The second-order valence-corrected chi connectivity index (χ2v) is 8.81. The zero-order valence-corrected chi connectivity index (χ0v) is 17.4. The third-order valence-electron chi connectivity index (χ3n) is 6.50. The minimum Gasteiger partial charge on any atom is -0.304 e. The van der Waals surface area contributed by atoms with E-state index in [1.165, 1.54) is 0 Å². The molecule has 0 bridgehead atoms. The van der Waals surface area contributed by atoms with Gasteiger partial charge in [-0.2, -0.15) is 0 Å². The minimum absolute atomic E-state index is 0.00199. The molecule has 0 amide bonds. The average Bonchev–Trinajstić information content (AvgIpc) is 3.42. The lowest BCUT2D eigenvalue weighted by Crippen LogP contribution is -2.49. The molecule has 0 saturated heterocycles. The van der Waals surface area contributed by atoms with Crippen molar-refractivity contribution in [3.8, 4) is 0 Å². The number of fused-ring (bicyclic) bond motifs is 2. The second-order valence-electron chi connectivity index (χ2n) is 8.81. The first-order valence-corrected chi connectivity index (χ1v) is 10.6. The van der Waals surface area contributed by atoms with Gasteiger partial charge in [-0.25, -0.2) is 9.98 Å². The normalized spacial score (nSPS) is 28.5. The summed E-state index contributed by atoms with van der Waals surface area (Å²) in [5.74, 6) is 0.411. The molecule has 6 nitrogen and oxygen atoms in total. The van der Waals surface area contributed by atoms with Crippen molar-refractivity contribution in [2.75, 3.05) is 19.6 Å². The van der Waals surface area contributed by atoms with Gasteiger partial charge in [-0.3, -0.25) is 14.6 Å². The van der Waals surface area contributed by atoms with Gasteiger partial charge in [-0.1, -0.05) is 13.8 Å². The summed E-state index contributed by atoms with van der Waals surface area (Å²) in [6, 6.07) is 0. The summed E-state index contributed by atoms with van der Waals surface area (Å²) >= 11 is 0. The van der Waals surface area contributed by atoms with Crippen LogP contribution < -0.4 is 0 Å². The summed E-state index contributed by atoms with van der Waals surface area (Å²) in [5, 5.41) is 0. The molecule has 0 radical (unpaired) electrons. The van der Waals surface area contributed by atoms with Crippen LogP contribution in [0.5, 0.6) is 0 Å². The molecule has 2 heterocycles. The van der Waals surface area contributed by atoms with Crippen LogP contribution in [0.1, 0.15) is 53.4 Å². The fraction of sp³-hybridized carbons (Fsp3) is 0.682. The number of rotatable bonds is 7. The number of hydrogen-bond acceptors (Lipinski definition) is 6. The quantitative estimate of drug-likeness (QED) is 0.679. The van der Waals surface area contributed by atoms with Crippen LogP contribution in [0.25, 0.3) is 0 Å². The fourth-order valence-corrected chi connectivity index (χ4v) is 4.46. The SMILES string of the molecule is CCN(CC)CCCC1C(=O)C2=NC(C3CC3)=NC2=C2C=NC(C)(C)C(=O)C21. The molecule has 0 aromatic heterocycles. The van der Waals surface area contributed by atoms with Crippen molar-refractivity contribution in [3.05, 3.63) is 11.3 Å². The van der Waals surface area contributed by atoms with Gasteiger partial charge in [-0.05, 0) is 59.2 Å². The molecule has 2 unspecified atom stereocenters. The molecule has 1 fully saturated rings. The second kappa shape index (κ2) is 7.14. The van der Waals surface area contributed by atoms with E-state index in [1.807, 2.05) is 13.8 Å². The van der Waals surface area contributed by atoms with E-state index < -0.39 is 11.5 Å². The van der Waals surface area contributed by atoms with Crippen LogP contribution in [-0.2, 0) is 9.59 Å². The summed E-state index contributed by atoms with van der Waals surface area (Å²) in [7, 11) is 0. The molecule has 0 aromatic rings. The maximum absolute atomic E-state index is 13.4. The molecule has 4 aliphatic rings. The lowest BCUT2D eigenvalue weighted by Gasteiger charge is -2.37. The van der Waals surface area contributed by atoms with E-state index in [-0.39, 0.29) is 17.5 Å². The molecular formula is C22H30N4O2. The van der Waals surface area contributed by atoms with E-state index in [9.17, 15) is 9.59 Å². The van der Waals surface area contributed by atoms with E-state index >= 15 is 0 Å². The first kappa shape index (κ1) is 19.4. The zero-order valence-electron chi connectivity index (χ0n) is 17.4. The van der Waals surface area contributed by atoms with Crippen LogP contribution in [0.2, 0.25) is 0 Å². The number of allylic oxidation sites excluding steroid dienone is 2. The van der Waals surface area contributed by atoms with Crippen molar-refractivity contribution in [3.63, 3.8) is 0 Å². The fourth-order valence-electron chi connectivity index (χ4n) is 4.46. The highest BCUT2D eigenvalue weighted by molar-refractivity contribution is 6.52. The number of hydrogen-bond donors (Lipinski definition) is 0. The molecule has 0 spiro atoms. The van der Waals surface area contributed by atoms with Crippen molar-refractivity contribution in [2.45, 2.75) is 58.9 Å². The van der Waals surface area contributed by atoms with Crippen LogP contribution >= 0.6 is 0 Å². The van der Waals surface area contributed by atoms with Crippen LogP contribution in [-0.4, -0.2) is 59.4 Å². The summed E-state index contributed by atoms with van der Waals surface area (Å²) in [5.41, 5.74) is 1.11. The van der Waals surface area contributed by atoms with Crippen LogP contribution in [0.3, 0.4) is 0 Å². The third kappa shape index (κ3) is 3.21. The standard InChI is InChI=1S/C22H30N4O2/c1-5-26(6-2)11-7-8-14-16-15(12-23-22(3,4)20(16)28)17-18(19(14)27)25-21(24-17)13-9-10-13/h12-14,16H,5-11H2,1-4H3. The highest BCUT2D eigenvalue weighted by Gasteiger charge is 2.51. The highest BCUT2D eigenvalue weighted by atomic mass is 16.1. The number of ketones is 2. The molecule has 0 aromatic carbocycles. The molecular weight excluding hydrogens is 352 g/mol. The van der Waals surface area contributed by atoms with Crippen molar-refractivity contribution in [2.24, 2.45) is 32.7 Å². The van der Waals surface area contributed by atoms with E-state index in [0.29, 0.717) is 23.7 Å². The number of carbonyl (C=O) groups excluding carboxylic acids is 2. The zero-order chi connectivity index (χ0) is 20.1. The molecule has 2 aliphatic heterocycles. The Balaban J connectivity index is 1.67. The van der Waals surface area contributed by atoms with Gasteiger partial charge in [0.05, 0.1) is 5.92 Å². The van der Waals surface area contributed by atoms with Gasteiger partial charge in [0, 0.05) is 23.6 Å². The Hall–Kier alpha value is -1.95. The Morgan fingerprint density at radius 2 is 1.86 bits per heavy atom. The van der Waals surface area contributed by atoms with Crippen LogP contribution in [0, 0.1) is 17.8 Å². The van der Waals surface area contributed by atoms with Gasteiger partial charge >= 0.3 is 0 Å². The highest BCUT2D eigenvalue weighted by Crippen LogP contribution is 2.43. The Labute approximate surface area is 166 Å². The minimum atomic E-state index is -0.789. The van der Waals surface area contributed by atoms with Crippen molar-refractivity contribution in [1.29, 1.82) is 0 Å². The summed E-state index contributed by atoms with van der Waals surface area (Å²) in [6.45, 7) is 10.9. The largest absolute Gasteiger partial charge is 0.304 e. The number of Topliss-reactive ketones (excluding diaryl/α,β-unsaturated/α-hetero) is 2. The number of amidine groups is 1. The monoisotopic (exact) mass is 382 g/mol. The van der Waals surface area contributed by atoms with Gasteiger partial charge in [0.1, 0.15) is 22.8 Å². The summed E-state index contributed by atoms with van der Waals surface area (Å²) in [6.07, 6.45) is 5.56. The average molecular weight is 383 g/mol. The van der Waals surface area contributed by atoms with Gasteiger partial charge < -0.3 is 4.90 Å². The Bertz CT molecular complexity index is 825. The van der Waals surface area contributed by atoms with Crippen LogP contribution in [0.15, 0.2) is 26.2 Å². The third-order valence-corrected chi connectivity index (χ3v) is 6.50. The maximum atomic E-state index is 13.4. The molecule has 28 heavy (non-hydrogen) atoms. The van der Waals surface area contributed by atoms with Crippen LogP contribution in [0.4, 0.5) is 0 Å². The molecule has 2 aliphatic carbocycles. The Morgan fingerprint density at radius 1 is 1.14 bits per heavy atom. The number of aliphatic imine (C=N–C) groups is 3. The maximum Gasteiger partial charge on any atom is 0.187 e.